The monoisotopic (exact) mass is 503 g/mol. The number of nitrogens with two attached hydrogens (primary N) is 1. The number of hydrogen-bond acceptors (Lipinski definition) is 11. The Kier molecular flexibility index (Phi) is 7.06. The fraction of sp³-hybridized carbons (Fsp3) is 0.556. The van der Waals surface area contributed by atoms with Gasteiger partial charge >= 0.3 is 29.2 Å². The number of rotatable bonds is 8. The van der Waals surface area contributed by atoms with E-state index >= 15 is 0 Å². The first kappa shape index (κ1) is 25.1. The lowest BCUT2D eigenvalue weighted by molar-refractivity contribution is -0.234. The summed E-state index contributed by atoms with van der Waals surface area (Å²) >= 11 is 0. The first-order valence-electron chi connectivity index (χ1n) is 7.26. The molecule has 2 rings (SSSR count). The highest BCUT2D eigenvalue weighted by molar-refractivity contribution is 7.66. The molecule has 172 valence electrons. The van der Waals surface area contributed by atoms with Gasteiger partial charge in [-0.25, -0.2) is 31.8 Å². The lowest BCUT2D eigenvalue weighted by Gasteiger charge is -2.30. The van der Waals surface area contributed by atoms with Crippen LogP contribution in [0.15, 0.2) is 17.1 Å². The Hall–Kier alpha value is -1.13. The number of halogens is 2. The van der Waals surface area contributed by atoms with Gasteiger partial charge in [0.05, 0.1) is 0 Å². The van der Waals surface area contributed by atoms with Crippen LogP contribution in [0, 0.1) is 0 Å². The molecule has 1 saturated heterocycles. The van der Waals surface area contributed by atoms with E-state index in [0.29, 0.717) is 4.57 Å². The number of aliphatic hydroxyl groups is 1. The molecule has 0 radical (unpaired) electrons. The lowest BCUT2D eigenvalue weighted by Crippen LogP contribution is -2.46. The molecule has 16 nitrogen and oxygen atoms in total. The van der Waals surface area contributed by atoms with Crippen molar-refractivity contribution >= 4 is 29.3 Å². The maximum atomic E-state index is 14.5. The number of aromatic nitrogens is 2. The van der Waals surface area contributed by atoms with E-state index in [-0.39, 0.29) is 5.82 Å². The maximum Gasteiger partial charge on any atom is 0.490 e. The highest BCUT2D eigenvalue weighted by Crippen LogP contribution is 2.67. The number of phosphoric acid groups is 3. The molecule has 2 unspecified atom stereocenters. The summed E-state index contributed by atoms with van der Waals surface area (Å²) in [4.78, 5) is 50.6. The second-order valence-corrected chi connectivity index (χ2v) is 9.91. The summed E-state index contributed by atoms with van der Waals surface area (Å²) in [5.74, 6) is -3.65. The minimum Gasteiger partial charge on any atom is -0.384 e. The Bertz CT molecular complexity index is 1000. The lowest BCUT2D eigenvalue weighted by atomic mass is 10.1. The SMILES string of the molecule is Nc1ccn([C@@H]2O[C@](CF)(OP(=O)(O)OP(=O)(O)OP(=O)(O)O)[C@@H](O)[C@H]2F)c(=O)n1. The second-order valence-electron chi connectivity index (χ2n) is 5.57. The standard InChI is InChI=1S/C9H14F2N3O13P3/c10-3-9(25-29(20,21)27-30(22,23)26-28(17,18)19)6(15)5(11)7(24-9)14-2-1-4(12)13-8(14)16/h1-2,5-7,15H,3H2,(H,20,21)(H,22,23)(H2,12,13,16)(H2,17,18,19)/t5-,6+,7-,9-/m1/s1. The van der Waals surface area contributed by atoms with Crippen molar-refractivity contribution in [3.05, 3.63) is 22.7 Å². The zero-order chi connectivity index (χ0) is 23.1. The van der Waals surface area contributed by atoms with Crippen molar-refractivity contribution in [1.82, 2.24) is 9.55 Å². The fourth-order valence-corrected chi connectivity index (χ4v) is 5.50. The fourth-order valence-electron chi connectivity index (χ4n) is 2.27. The predicted molar refractivity (Wildman–Crippen MR) is 87.6 cm³/mol. The van der Waals surface area contributed by atoms with Crippen molar-refractivity contribution in [3.63, 3.8) is 0 Å². The smallest absolute Gasteiger partial charge is 0.384 e. The number of anilines is 1. The molecule has 0 aromatic carbocycles. The van der Waals surface area contributed by atoms with E-state index in [0.717, 1.165) is 12.3 Å². The molecular weight excluding hydrogens is 489 g/mol. The summed E-state index contributed by atoms with van der Waals surface area (Å²) in [5.41, 5.74) is 4.04. The summed E-state index contributed by atoms with van der Waals surface area (Å²) in [7, 11) is -17.7. The van der Waals surface area contributed by atoms with Gasteiger partial charge in [-0.15, -0.1) is 0 Å². The van der Waals surface area contributed by atoms with E-state index in [1.165, 1.54) is 0 Å². The largest absolute Gasteiger partial charge is 0.490 e. The van der Waals surface area contributed by atoms with Crippen LogP contribution >= 0.6 is 23.5 Å². The molecule has 6 atom stereocenters. The molecule has 21 heteroatoms. The molecule has 7 N–H and O–H groups in total. The van der Waals surface area contributed by atoms with Crippen LogP contribution in [0.5, 0.6) is 0 Å². The van der Waals surface area contributed by atoms with Gasteiger partial charge in [0, 0.05) is 6.20 Å². The minimum absolute atomic E-state index is 0.282. The summed E-state index contributed by atoms with van der Waals surface area (Å²) in [6.45, 7) is -2.06. The molecule has 30 heavy (non-hydrogen) atoms. The third kappa shape index (κ3) is 5.76. The van der Waals surface area contributed by atoms with Gasteiger partial charge in [-0.05, 0) is 6.07 Å². The van der Waals surface area contributed by atoms with Crippen molar-refractivity contribution in [1.29, 1.82) is 0 Å². The van der Waals surface area contributed by atoms with E-state index in [1.807, 2.05) is 0 Å². The Morgan fingerprint density at radius 3 is 2.33 bits per heavy atom. The van der Waals surface area contributed by atoms with Crippen molar-refractivity contribution in [2.24, 2.45) is 0 Å². The van der Waals surface area contributed by atoms with Crippen LogP contribution < -0.4 is 11.4 Å². The van der Waals surface area contributed by atoms with Crippen LogP contribution in [0.4, 0.5) is 14.6 Å². The maximum absolute atomic E-state index is 14.5. The molecule has 1 aromatic rings. The number of nitrogen functional groups attached to an aromatic ring is 1. The van der Waals surface area contributed by atoms with Gasteiger partial charge in [0.15, 0.2) is 12.4 Å². The molecule has 1 aliphatic rings. The quantitative estimate of drug-likeness (QED) is 0.234. The molecule has 0 saturated carbocycles. The van der Waals surface area contributed by atoms with Gasteiger partial charge in [0.1, 0.15) is 18.6 Å². The Morgan fingerprint density at radius 1 is 1.23 bits per heavy atom. The minimum atomic E-state index is -6.03. The predicted octanol–water partition coefficient (Wildman–Crippen LogP) is -0.938. The molecule has 1 aromatic heterocycles. The molecule has 0 spiro atoms. The normalized spacial score (nSPS) is 31.2. The van der Waals surface area contributed by atoms with Crippen molar-refractivity contribution in [2.45, 2.75) is 24.3 Å². The van der Waals surface area contributed by atoms with Crippen LogP contribution in [0.1, 0.15) is 6.23 Å². The van der Waals surface area contributed by atoms with Gasteiger partial charge in [-0.1, -0.05) is 0 Å². The van der Waals surface area contributed by atoms with E-state index < -0.39 is 60.1 Å². The van der Waals surface area contributed by atoms with Crippen molar-refractivity contribution in [2.75, 3.05) is 12.4 Å². The van der Waals surface area contributed by atoms with Crippen molar-refractivity contribution in [3.8, 4) is 0 Å². The summed E-state index contributed by atoms with van der Waals surface area (Å²) in [5, 5.41) is 9.93. The van der Waals surface area contributed by atoms with E-state index in [4.69, 9.17) is 25.2 Å². The van der Waals surface area contributed by atoms with Crippen LogP contribution in [0.2, 0.25) is 0 Å². The Morgan fingerprint density at radius 2 is 1.83 bits per heavy atom. The third-order valence-corrected chi connectivity index (χ3v) is 7.21. The molecular formula is C9H14F2N3O13P3. The van der Waals surface area contributed by atoms with Gasteiger partial charge in [-0.3, -0.25) is 4.57 Å². The summed E-state index contributed by atoms with van der Waals surface area (Å²) in [6.07, 6.45) is -6.70. The van der Waals surface area contributed by atoms with Gasteiger partial charge in [-0.2, -0.15) is 13.6 Å². The van der Waals surface area contributed by atoms with Gasteiger partial charge < -0.3 is 35.2 Å². The Labute approximate surface area is 164 Å². The zero-order valence-electron chi connectivity index (χ0n) is 14.2. The third-order valence-electron chi connectivity index (χ3n) is 3.34. The highest BCUT2D eigenvalue weighted by atomic mass is 31.3. The second kappa shape index (κ2) is 8.43. The molecule has 0 aliphatic carbocycles. The molecule has 0 bridgehead atoms. The molecule has 0 amide bonds. The van der Waals surface area contributed by atoms with Crippen LogP contribution in [-0.2, 0) is 31.6 Å². The van der Waals surface area contributed by atoms with E-state index in [9.17, 15) is 37.3 Å². The number of alkyl halides is 2. The first-order valence-corrected chi connectivity index (χ1v) is 11.8. The van der Waals surface area contributed by atoms with Crippen LogP contribution in [0.3, 0.4) is 0 Å². The number of nitrogens with zero attached hydrogens (tertiary/aromatic N) is 2. The highest BCUT2D eigenvalue weighted by Gasteiger charge is 2.61. The number of aliphatic hydroxyl groups excluding tert-OH is 1. The topological polar surface area (TPSA) is 250 Å². The van der Waals surface area contributed by atoms with Crippen LogP contribution in [0.25, 0.3) is 0 Å². The van der Waals surface area contributed by atoms with Crippen LogP contribution in [-0.4, -0.2) is 59.0 Å². The molecule has 1 fully saturated rings. The number of hydrogen-bond donors (Lipinski definition) is 6. The Balaban J connectivity index is 2.32. The van der Waals surface area contributed by atoms with Gasteiger partial charge in [0.25, 0.3) is 0 Å². The average molecular weight is 503 g/mol. The van der Waals surface area contributed by atoms with E-state index in [2.05, 4.69) is 18.1 Å². The van der Waals surface area contributed by atoms with E-state index in [1.54, 1.807) is 0 Å². The molecule has 2 heterocycles. The molecule has 1 aliphatic heterocycles. The average Bonchev–Trinajstić information content (AvgIpc) is 2.76. The summed E-state index contributed by atoms with van der Waals surface area (Å²) in [6, 6.07) is 1.00. The first-order chi connectivity index (χ1) is 13.5. The zero-order valence-corrected chi connectivity index (χ0v) is 16.8. The van der Waals surface area contributed by atoms with Crippen molar-refractivity contribution < 1.29 is 65.0 Å². The summed E-state index contributed by atoms with van der Waals surface area (Å²) < 4.78 is 78.1. The van der Waals surface area contributed by atoms with Gasteiger partial charge in [0.2, 0.25) is 5.79 Å². The number of ether oxygens (including phenoxy) is 1. The number of phosphoric ester groups is 1.